The van der Waals surface area contributed by atoms with E-state index in [4.69, 9.17) is 34.7 Å². The predicted molar refractivity (Wildman–Crippen MR) is 102 cm³/mol. The lowest BCUT2D eigenvalue weighted by Gasteiger charge is -2.13. The number of nitrogens with two attached hydrogens (primary N) is 2. The van der Waals surface area contributed by atoms with Crippen LogP contribution in [-0.4, -0.2) is 32.1 Å². The molecule has 0 saturated carbocycles. The number of alkyl halides is 3. The van der Waals surface area contributed by atoms with Gasteiger partial charge < -0.3 is 16.3 Å². The van der Waals surface area contributed by atoms with Crippen molar-refractivity contribution in [1.82, 2.24) is 9.78 Å². The number of anilines is 1. The van der Waals surface area contributed by atoms with Crippen LogP contribution in [0.4, 0.5) is 19.0 Å². The molecule has 0 aliphatic heterocycles. The number of aromatic nitrogens is 2. The van der Waals surface area contributed by atoms with Gasteiger partial charge >= 0.3 is 12.1 Å². The number of carbonyl (C=O) groups excluding carboxylic acids is 1. The van der Waals surface area contributed by atoms with Crippen molar-refractivity contribution in [2.75, 3.05) is 12.0 Å². The first-order chi connectivity index (χ1) is 13.4. The van der Waals surface area contributed by atoms with Crippen molar-refractivity contribution in [2.45, 2.75) is 24.4 Å². The van der Waals surface area contributed by atoms with Gasteiger partial charge in [-0.3, -0.25) is 4.21 Å². The lowest BCUT2D eigenvalue weighted by atomic mass is 10.2. The molecule has 1 atom stereocenters. The summed E-state index contributed by atoms with van der Waals surface area (Å²) in [4.78, 5) is 15.7. The first-order valence-corrected chi connectivity index (χ1v) is 10.0. The van der Waals surface area contributed by atoms with Gasteiger partial charge in [-0.1, -0.05) is 35.3 Å². The van der Waals surface area contributed by atoms with Crippen LogP contribution >= 0.6 is 23.2 Å². The zero-order valence-electron chi connectivity index (χ0n) is 14.9. The zero-order chi connectivity index (χ0) is 22.1. The largest absolute Gasteiger partial charge is 0.416 e. The number of rotatable bonds is 5. The molecule has 0 spiro atoms. The molecular weight excluding hydrogens is 458 g/mol. The molecule has 29 heavy (non-hydrogen) atoms. The lowest BCUT2D eigenvalue weighted by Crippen LogP contribution is -2.18. The number of oxime groups is 1. The monoisotopic (exact) mass is 471 g/mol. The predicted octanol–water partition coefficient (Wildman–Crippen LogP) is 3.09. The van der Waals surface area contributed by atoms with E-state index in [1.807, 2.05) is 0 Å². The van der Waals surface area contributed by atoms with E-state index in [9.17, 15) is 22.2 Å². The average Bonchev–Trinajstić information content (AvgIpc) is 2.95. The van der Waals surface area contributed by atoms with E-state index in [-0.39, 0.29) is 28.5 Å². The van der Waals surface area contributed by atoms with Crippen molar-refractivity contribution in [3.8, 4) is 5.69 Å². The van der Waals surface area contributed by atoms with Gasteiger partial charge in [0.1, 0.15) is 22.1 Å². The Morgan fingerprint density at radius 1 is 1.34 bits per heavy atom. The number of hydrogen-bond donors (Lipinski definition) is 2. The van der Waals surface area contributed by atoms with Crippen molar-refractivity contribution in [1.29, 1.82) is 0 Å². The van der Waals surface area contributed by atoms with Gasteiger partial charge in [-0.2, -0.15) is 18.3 Å². The minimum atomic E-state index is -4.68. The van der Waals surface area contributed by atoms with Crippen LogP contribution in [0.1, 0.15) is 24.6 Å². The molecular formula is C15H14Cl2F3N5O3S. The van der Waals surface area contributed by atoms with E-state index in [1.54, 1.807) is 0 Å². The SMILES string of the molecule is CCC(=O)ON=C(N)c1nn(-c2c(Cl)cc(C(F)(F)F)cc2Cl)c(N)c1S(C)=O. The standard InChI is InChI=1S/C15H14Cl2F3N5O3S/c1-3-9(26)28-24-13(21)10-12(29(2)27)14(22)25(23-10)11-7(16)4-6(5-8(11)17)15(18,19)20/h4-5H,3,22H2,1-2H3,(H2,21,24). The summed E-state index contributed by atoms with van der Waals surface area (Å²) in [5, 5.41) is 6.61. The van der Waals surface area contributed by atoms with Crippen molar-refractivity contribution in [2.24, 2.45) is 10.9 Å². The number of nitrogens with zero attached hydrogens (tertiary/aromatic N) is 3. The van der Waals surface area contributed by atoms with E-state index in [2.05, 4.69) is 15.1 Å². The highest BCUT2D eigenvalue weighted by Gasteiger charge is 2.33. The molecule has 158 valence electrons. The molecule has 4 N–H and O–H groups in total. The summed E-state index contributed by atoms with van der Waals surface area (Å²) < 4.78 is 51.8. The number of amidine groups is 1. The second-order valence-corrected chi connectivity index (χ2v) is 7.64. The fourth-order valence-electron chi connectivity index (χ4n) is 2.18. The maximum Gasteiger partial charge on any atom is 0.416 e. The zero-order valence-corrected chi connectivity index (χ0v) is 17.2. The second kappa shape index (κ2) is 8.59. The van der Waals surface area contributed by atoms with Crippen LogP contribution in [0, 0.1) is 0 Å². The van der Waals surface area contributed by atoms with Crippen LogP contribution in [0.15, 0.2) is 22.2 Å². The van der Waals surface area contributed by atoms with Gasteiger partial charge in [0.2, 0.25) is 0 Å². The highest BCUT2D eigenvalue weighted by Crippen LogP contribution is 2.39. The summed E-state index contributed by atoms with van der Waals surface area (Å²) in [6.45, 7) is 1.53. The number of nitrogen functional groups attached to an aromatic ring is 1. The van der Waals surface area contributed by atoms with E-state index in [0.717, 1.165) is 4.68 Å². The van der Waals surface area contributed by atoms with Crippen molar-refractivity contribution < 1.29 is 27.0 Å². The van der Waals surface area contributed by atoms with Crippen LogP contribution in [0.5, 0.6) is 0 Å². The summed E-state index contributed by atoms with van der Waals surface area (Å²) in [5.41, 5.74) is 10.2. The molecule has 0 amide bonds. The minimum Gasteiger partial charge on any atom is -0.383 e. The third-order valence-electron chi connectivity index (χ3n) is 3.50. The Morgan fingerprint density at radius 2 is 1.90 bits per heavy atom. The normalized spacial score (nSPS) is 13.4. The summed E-state index contributed by atoms with van der Waals surface area (Å²) >= 11 is 12.0. The van der Waals surface area contributed by atoms with Gasteiger partial charge in [0.15, 0.2) is 5.84 Å². The second-order valence-electron chi connectivity index (χ2n) is 5.51. The van der Waals surface area contributed by atoms with Gasteiger partial charge in [-0.15, -0.1) is 0 Å². The van der Waals surface area contributed by atoms with Crippen LogP contribution in [0.3, 0.4) is 0 Å². The molecule has 14 heteroatoms. The topological polar surface area (TPSA) is 126 Å². The molecule has 0 fully saturated rings. The lowest BCUT2D eigenvalue weighted by molar-refractivity contribution is -0.143. The quantitative estimate of drug-likeness (QED) is 0.298. The third-order valence-corrected chi connectivity index (χ3v) is 5.05. The molecule has 0 saturated heterocycles. The molecule has 0 aliphatic rings. The molecule has 8 nitrogen and oxygen atoms in total. The molecule has 2 rings (SSSR count). The third kappa shape index (κ3) is 4.82. The first-order valence-electron chi connectivity index (χ1n) is 7.70. The van der Waals surface area contributed by atoms with Gasteiger partial charge in [0.05, 0.1) is 26.4 Å². The molecule has 1 unspecified atom stereocenters. The Balaban J connectivity index is 2.67. The number of hydrogen-bond acceptors (Lipinski definition) is 6. The van der Waals surface area contributed by atoms with Gasteiger partial charge in [0, 0.05) is 12.7 Å². The van der Waals surface area contributed by atoms with Crippen molar-refractivity contribution in [3.05, 3.63) is 33.4 Å². The van der Waals surface area contributed by atoms with E-state index < -0.39 is 44.4 Å². The summed E-state index contributed by atoms with van der Waals surface area (Å²) in [6.07, 6.45) is -3.39. The Kier molecular flexibility index (Phi) is 6.81. The van der Waals surface area contributed by atoms with Gasteiger partial charge in [0.25, 0.3) is 0 Å². The first kappa shape index (κ1) is 23.0. The van der Waals surface area contributed by atoms with E-state index >= 15 is 0 Å². The van der Waals surface area contributed by atoms with Crippen molar-refractivity contribution in [3.63, 3.8) is 0 Å². The summed E-state index contributed by atoms with van der Waals surface area (Å²) in [7, 11) is -1.75. The maximum absolute atomic E-state index is 12.9. The van der Waals surface area contributed by atoms with E-state index in [1.165, 1.54) is 13.2 Å². The molecule has 2 aromatic rings. The van der Waals surface area contributed by atoms with Crippen LogP contribution in [0.2, 0.25) is 10.0 Å². The fraction of sp³-hybridized carbons (Fsp3) is 0.267. The highest BCUT2D eigenvalue weighted by molar-refractivity contribution is 7.84. The Hall–Kier alpha value is -2.31. The molecule has 0 aliphatic carbocycles. The average molecular weight is 472 g/mol. The molecule has 1 heterocycles. The van der Waals surface area contributed by atoms with E-state index in [0.29, 0.717) is 12.1 Å². The van der Waals surface area contributed by atoms with Crippen LogP contribution < -0.4 is 11.5 Å². The summed E-state index contributed by atoms with van der Waals surface area (Å²) in [6, 6.07) is 1.29. The Bertz CT molecular complexity index is 1000. The van der Waals surface area contributed by atoms with Crippen LogP contribution in [-0.2, 0) is 26.6 Å². The highest BCUT2D eigenvalue weighted by atomic mass is 35.5. The number of benzene rings is 1. The van der Waals surface area contributed by atoms with Crippen LogP contribution in [0.25, 0.3) is 5.69 Å². The Morgan fingerprint density at radius 3 is 2.34 bits per heavy atom. The van der Waals surface area contributed by atoms with Gasteiger partial charge in [-0.25, -0.2) is 9.48 Å². The smallest absolute Gasteiger partial charge is 0.383 e. The fourth-order valence-corrected chi connectivity index (χ4v) is 3.62. The molecule has 0 bridgehead atoms. The molecule has 1 aromatic heterocycles. The van der Waals surface area contributed by atoms with Gasteiger partial charge in [-0.05, 0) is 12.1 Å². The maximum atomic E-state index is 12.9. The molecule has 0 radical (unpaired) electrons. The van der Waals surface area contributed by atoms with Crippen molar-refractivity contribution >= 4 is 51.6 Å². The summed E-state index contributed by atoms with van der Waals surface area (Å²) in [5.74, 6) is -1.36. The number of carbonyl (C=O) groups is 1. The number of halogens is 5. The molecule has 1 aromatic carbocycles. The minimum absolute atomic E-state index is 0.0245. The Labute approximate surface area is 175 Å².